The second-order valence-electron chi connectivity index (χ2n) is 10.7. The van der Waals surface area contributed by atoms with Gasteiger partial charge in [-0.3, -0.25) is 9.63 Å². The summed E-state index contributed by atoms with van der Waals surface area (Å²) in [4.78, 5) is 20.0. The molecule has 0 saturated carbocycles. The minimum absolute atomic E-state index is 0.0536. The molecule has 1 N–H and O–H groups in total. The van der Waals surface area contributed by atoms with Gasteiger partial charge in [0.1, 0.15) is 11.6 Å². The molecule has 30 heavy (non-hydrogen) atoms. The third-order valence-corrected chi connectivity index (χ3v) is 5.04. The van der Waals surface area contributed by atoms with Crippen molar-refractivity contribution in [3.63, 3.8) is 0 Å². The van der Waals surface area contributed by atoms with E-state index >= 15 is 0 Å². The van der Waals surface area contributed by atoms with Crippen molar-refractivity contribution in [2.24, 2.45) is 0 Å². The molecule has 1 atom stereocenters. The molecule has 0 bridgehead atoms. The Morgan fingerprint density at radius 2 is 1.63 bits per heavy atom. The first-order valence-corrected chi connectivity index (χ1v) is 11.0. The van der Waals surface area contributed by atoms with Crippen LogP contribution in [0.5, 0.6) is 0 Å². The summed E-state index contributed by atoms with van der Waals surface area (Å²) >= 11 is 0. The van der Waals surface area contributed by atoms with Crippen LogP contribution >= 0.6 is 0 Å². The molecule has 4 nitrogen and oxygen atoms in total. The van der Waals surface area contributed by atoms with E-state index < -0.39 is 5.54 Å². The molecular weight excluding hydrogens is 372 g/mol. The Hall–Kier alpha value is -1.91. The smallest absolute Gasteiger partial charge is 0.242 e. The lowest BCUT2D eigenvalue weighted by Crippen LogP contribution is -2.63. The molecule has 4 heteroatoms. The van der Waals surface area contributed by atoms with Gasteiger partial charge in [0.05, 0.1) is 0 Å². The van der Waals surface area contributed by atoms with Gasteiger partial charge < -0.3 is 5.32 Å². The number of benzene rings is 1. The normalized spacial score (nSPS) is 16.8. The zero-order chi connectivity index (χ0) is 22.6. The van der Waals surface area contributed by atoms with Gasteiger partial charge in [0.2, 0.25) is 5.91 Å². The van der Waals surface area contributed by atoms with Crippen LogP contribution in [-0.2, 0) is 9.63 Å². The van der Waals surface area contributed by atoms with Gasteiger partial charge in [-0.2, -0.15) is 5.06 Å². The number of amides is 1. The van der Waals surface area contributed by atoms with Gasteiger partial charge >= 0.3 is 0 Å². The summed E-state index contributed by atoms with van der Waals surface area (Å²) in [6.07, 6.45) is 9.63. The summed E-state index contributed by atoms with van der Waals surface area (Å²) in [6.45, 7) is 16.1. The van der Waals surface area contributed by atoms with Gasteiger partial charge in [-0.15, -0.1) is 0 Å². The van der Waals surface area contributed by atoms with Gasteiger partial charge in [0.25, 0.3) is 0 Å². The highest BCUT2D eigenvalue weighted by molar-refractivity contribution is 5.85. The summed E-state index contributed by atoms with van der Waals surface area (Å²) < 4.78 is 0. The Labute approximate surface area is 183 Å². The summed E-state index contributed by atoms with van der Waals surface area (Å²) in [5.41, 5.74) is 0.647. The van der Waals surface area contributed by atoms with Crippen LogP contribution in [0.2, 0.25) is 0 Å². The molecule has 0 heterocycles. The largest absolute Gasteiger partial charge is 0.350 e. The molecule has 0 aliphatic heterocycles. The molecule has 166 valence electrons. The number of allylic oxidation sites excluding steroid dienone is 2. The number of carbonyl (C=O) groups excluding carboxylic acids is 1. The topological polar surface area (TPSA) is 41.6 Å². The number of hydroxylamine groups is 2. The number of hydrogen-bond acceptors (Lipinski definition) is 3. The van der Waals surface area contributed by atoms with Gasteiger partial charge in [-0.25, -0.2) is 0 Å². The van der Waals surface area contributed by atoms with Crippen molar-refractivity contribution in [1.82, 2.24) is 10.4 Å². The molecule has 1 aliphatic rings. The summed E-state index contributed by atoms with van der Waals surface area (Å²) in [6, 6.07) is 10.3. The lowest BCUT2D eigenvalue weighted by molar-refractivity contribution is -0.276. The van der Waals surface area contributed by atoms with Crippen LogP contribution in [0.4, 0.5) is 0 Å². The fraction of sp³-hybridized carbons (Fsp3) is 0.577. The Kier molecular flexibility index (Phi) is 7.70. The second-order valence-corrected chi connectivity index (χ2v) is 10.7. The van der Waals surface area contributed by atoms with E-state index in [4.69, 9.17) is 4.84 Å². The molecule has 1 aliphatic carbocycles. The molecule has 0 aromatic heterocycles. The Balaban J connectivity index is 2.46. The minimum Gasteiger partial charge on any atom is -0.350 e. The quantitative estimate of drug-likeness (QED) is 0.572. The zero-order valence-electron chi connectivity index (χ0n) is 20.1. The molecule has 0 spiro atoms. The number of nitrogens with one attached hydrogen (secondary N) is 1. The minimum atomic E-state index is -0.867. The van der Waals surface area contributed by atoms with E-state index in [1.165, 1.54) is 0 Å². The molecule has 2 rings (SSSR count). The van der Waals surface area contributed by atoms with E-state index in [2.05, 4.69) is 56.4 Å². The number of rotatable bonds is 6. The molecule has 1 aromatic carbocycles. The summed E-state index contributed by atoms with van der Waals surface area (Å²) in [5.74, 6) is -0.0536. The third-order valence-electron chi connectivity index (χ3n) is 5.04. The standard InChI is InChI=1S/C26H40N2O2/c1-24(2,3)27-23(29)26(7,8)28(25(4,5)6)30-22(21-18-14-11-15-19-21)20-16-12-9-10-13-17-20/h11-12,14-19,22H,9-10,13H2,1-8H3,(H,27,29). The van der Waals surface area contributed by atoms with E-state index in [-0.39, 0.29) is 23.1 Å². The van der Waals surface area contributed by atoms with E-state index in [1.54, 1.807) is 0 Å². The first-order chi connectivity index (χ1) is 13.8. The van der Waals surface area contributed by atoms with Crippen LogP contribution < -0.4 is 5.32 Å². The number of hydrogen-bond donors (Lipinski definition) is 1. The van der Waals surface area contributed by atoms with Gasteiger partial charge in [-0.05, 0) is 85.8 Å². The Morgan fingerprint density at radius 3 is 2.20 bits per heavy atom. The average Bonchev–Trinajstić information content (AvgIpc) is 2.89. The summed E-state index contributed by atoms with van der Waals surface area (Å²) in [7, 11) is 0. The molecule has 0 saturated heterocycles. The summed E-state index contributed by atoms with van der Waals surface area (Å²) in [5, 5.41) is 5.00. The van der Waals surface area contributed by atoms with Crippen LogP contribution in [0.25, 0.3) is 0 Å². The number of nitrogens with zero attached hydrogens (tertiary/aromatic N) is 1. The van der Waals surface area contributed by atoms with Crippen LogP contribution in [-0.4, -0.2) is 27.6 Å². The predicted molar refractivity (Wildman–Crippen MR) is 125 cm³/mol. The maximum atomic E-state index is 13.3. The van der Waals surface area contributed by atoms with Crippen molar-refractivity contribution >= 4 is 5.91 Å². The van der Waals surface area contributed by atoms with Crippen LogP contribution in [0.1, 0.15) is 86.3 Å². The van der Waals surface area contributed by atoms with E-state index in [9.17, 15) is 4.79 Å². The third kappa shape index (κ3) is 6.55. The van der Waals surface area contributed by atoms with Crippen LogP contribution in [0.3, 0.4) is 0 Å². The van der Waals surface area contributed by atoms with Gasteiger partial charge in [0.15, 0.2) is 0 Å². The predicted octanol–water partition coefficient (Wildman–Crippen LogP) is 6.12. The highest BCUT2D eigenvalue weighted by Crippen LogP contribution is 2.36. The Bertz CT molecular complexity index is 764. The SMILES string of the molecule is CC(C)(C)NC(=O)C(C)(C)N(OC(C1=CCCCC=C1)c1ccccc1)C(C)(C)C. The van der Waals surface area contributed by atoms with Crippen molar-refractivity contribution in [3.05, 3.63) is 59.7 Å². The molecule has 0 radical (unpaired) electrons. The van der Waals surface area contributed by atoms with Gasteiger partial charge in [-0.1, -0.05) is 48.6 Å². The highest BCUT2D eigenvalue weighted by Gasteiger charge is 2.44. The monoisotopic (exact) mass is 412 g/mol. The van der Waals surface area contributed by atoms with E-state index in [0.29, 0.717) is 0 Å². The van der Waals surface area contributed by atoms with Crippen LogP contribution in [0, 0.1) is 0 Å². The van der Waals surface area contributed by atoms with Crippen LogP contribution in [0.15, 0.2) is 54.1 Å². The number of carbonyl (C=O) groups is 1. The lowest BCUT2D eigenvalue weighted by Gasteiger charge is -2.47. The molecule has 0 fully saturated rings. The van der Waals surface area contributed by atoms with Crippen molar-refractivity contribution in [1.29, 1.82) is 0 Å². The lowest BCUT2D eigenvalue weighted by atomic mass is 9.95. The first kappa shape index (κ1) is 24.4. The van der Waals surface area contributed by atoms with Crippen molar-refractivity contribution in [3.8, 4) is 0 Å². The molecule has 1 aromatic rings. The van der Waals surface area contributed by atoms with E-state index in [0.717, 1.165) is 30.4 Å². The van der Waals surface area contributed by atoms with Crippen molar-refractivity contribution in [2.45, 2.75) is 97.4 Å². The van der Waals surface area contributed by atoms with Crippen molar-refractivity contribution in [2.75, 3.05) is 0 Å². The highest BCUT2D eigenvalue weighted by atomic mass is 16.7. The fourth-order valence-electron chi connectivity index (χ4n) is 3.75. The molecule has 1 unspecified atom stereocenters. The zero-order valence-corrected chi connectivity index (χ0v) is 20.1. The first-order valence-electron chi connectivity index (χ1n) is 11.0. The Morgan fingerprint density at radius 1 is 1.00 bits per heavy atom. The maximum absolute atomic E-state index is 13.3. The maximum Gasteiger partial charge on any atom is 0.242 e. The van der Waals surface area contributed by atoms with Crippen molar-refractivity contribution < 1.29 is 9.63 Å². The average molecular weight is 413 g/mol. The van der Waals surface area contributed by atoms with E-state index in [1.807, 2.05) is 57.9 Å². The fourth-order valence-corrected chi connectivity index (χ4v) is 3.75. The second kappa shape index (κ2) is 9.49. The van der Waals surface area contributed by atoms with Gasteiger partial charge in [0, 0.05) is 11.1 Å². The molecule has 1 amide bonds. The molecular formula is C26H40N2O2.